The van der Waals surface area contributed by atoms with Crippen LogP contribution in [0.4, 0.5) is 11.6 Å². The lowest BCUT2D eigenvalue weighted by Gasteiger charge is -2.34. The fourth-order valence-corrected chi connectivity index (χ4v) is 2.40. The summed E-state index contributed by atoms with van der Waals surface area (Å²) >= 11 is 0. The number of nitrogen functional groups attached to an aromatic ring is 1. The highest BCUT2D eigenvalue weighted by Gasteiger charge is 2.28. The van der Waals surface area contributed by atoms with Crippen molar-refractivity contribution in [3.63, 3.8) is 0 Å². The molecule has 18 heavy (non-hydrogen) atoms. The number of aromatic amines is 1. The maximum Gasteiger partial charge on any atom is 0.201 e. The number of fused-ring (bicyclic) bond motifs is 1. The van der Waals surface area contributed by atoms with E-state index >= 15 is 0 Å². The average Bonchev–Trinajstić information content (AvgIpc) is 2.70. The molecule has 0 spiro atoms. The van der Waals surface area contributed by atoms with Gasteiger partial charge < -0.3 is 20.8 Å². The second-order valence-electron chi connectivity index (χ2n) is 5.20. The Morgan fingerprint density at radius 2 is 2.39 bits per heavy atom. The minimum atomic E-state index is -0.0440. The van der Waals surface area contributed by atoms with Gasteiger partial charge >= 0.3 is 0 Å². The van der Waals surface area contributed by atoms with Crippen LogP contribution in [0.2, 0.25) is 0 Å². The number of benzene rings is 1. The third-order valence-electron chi connectivity index (χ3n) is 3.36. The van der Waals surface area contributed by atoms with Gasteiger partial charge in [0.25, 0.3) is 0 Å². The van der Waals surface area contributed by atoms with E-state index in [1.54, 1.807) is 0 Å². The van der Waals surface area contributed by atoms with Gasteiger partial charge in [0, 0.05) is 12.3 Å². The van der Waals surface area contributed by atoms with Crippen LogP contribution in [0, 0.1) is 0 Å². The molecule has 0 radical (unpaired) electrons. The van der Waals surface area contributed by atoms with Crippen LogP contribution in [0.1, 0.15) is 19.8 Å². The van der Waals surface area contributed by atoms with Gasteiger partial charge in [0.1, 0.15) is 0 Å². The third kappa shape index (κ3) is 2.13. The van der Waals surface area contributed by atoms with Gasteiger partial charge in [0.15, 0.2) is 0 Å². The number of rotatable bonds is 2. The van der Waals surface area contributed by atoms with Crippen molar-refractivity contribution in [3.8, 4) is 0 Å². The van der Waals surface area contributed by atoms with Gasteiger partial charge in [-0.25, -0.2) is 4.98 Å². The van der Waals surface area contributed by atoms with Gasteiger partial charge in [-0.2, -0.15) is 0 Å². The highest BCUT2D eigenvalue weighted by atomic mass is 16.5. The molecule has 0 bridgehead atoms. The number of hydrogen-bond donors (Lipinski definition) is 3. The summed E-state index contributed by atoms with van der Waals surface area (Å²) in [5.41, 5.74) is 8.33. The molecule has 1 saturated heterocycles. The van der Waals surface area contributed by atoms with Gasteiger partial charge in [-0.3, -0.25) is 0 Å². The summed E-state index contributed by atoms with van der Waals surface area (Å²) in [7, 11) is 0. The minimum Gasteiger partial charge on any atom is -0.399 e. The van der Waals surface area contributed by atoms with E-state index in [1.165, 1.54) is 0 Å². The van der Waals surface area contributed by atoms with Crippen LogP contribution < -0.4 is 11.1 Å². The van der Waals surface area contributed by atoms with E-state index in [0.717, 1.165) is 42.1 Å². The van der Waals surface area contributed by atoms with Crippen molar-refractivity contribution in [1.82, 2.24) is 9.97 Å². The molecule has 1 aromatic heterocycles. The number of hydrogen-bond acceptors (Lipinski definition) is 4. The van der Waals surface area contributed by atoms with Gasteiger partial charge in [-0.1, -0.05) is 0 Å². The maximum absolute atomic E-state index is 5.76. The zero-order chi connectivity index (χ0) is 12.6. The number of H-pyrrole nitrogens is 1. The highest BCUT2D eigenvalue weighted by molar-refractivity contribution is 5.80. The molecular formula is C13H18N4O. The zero-order valence-electron chi connectivity index (χ0n) is 10.5. The number of nitrogens with two attached hydrogens (primary N) is 1. The molecule has 1 aromatic carbocycles. The normalized spacial score (nSPS) is 24.3. The van der Waals surface area contributed by atoms with Gasteiger partial charge in [0.05, 0.1) is 23.2 Å². The number of aromatic nitrogens is 2. The number of ether oxygens (including phenoxy) is 1. The zero-order valence-corrected chi connectivity index (χ0v) is 10.5. The van der Waals surface area contributed by atoms with E-state index in [2.05, 4.69) is 22.2 Å². The summed E-state index contributed by atoms with van der Waals surface area (Å²) in [6.07, 6.45) is 2.17. The van der Waals surface area contributed by atoms with E-state index in [0.29, 0.717) is 6.61 Å². The standard InChI is InChI=1S/C13H18N4O/c1-13(5-2-6-18-8-13)17-12-15-10-4-3-9(14)7-11(10)16-12/h3-4,7H,2,5-6,8,14H2,1H3,(H2,15,16,17). The first kappa shape index (κ1) is 11.3. The summed E-state index contributed by atoms with van der Waals surface area (Å²) in [5, 5.41) is 3.43. The van der Waals surface area contributed by atoms with Crippen LogP contribution in [-0.2, 0) is 4.74 Å². The first-order valence-electron chi connectivity index (χ1n) is 6.26. The number of imidazole rings is 1. The predicted octanol–water partition coefficient (Wildman–Crippen LogP) is 2.13. The quantitative estimate of drug-likeness (QED) is 0.709. The van der Waals surface area contributed by atoms with E-state index in [4.69, 9.17) is 10.5 Å². The molecule has 0 amide bonds. The Balaban J connectivity index is 1.86. The van der Waals surface area contributed by atoms with Crippen LogP contribution in [0.15, 0.2) is 18.2 Å². The molecule has 3 rings (SSSR count). The van der Waals surface area contributed by atoms with Crippen LogP contribution in [0.5, 0.6) is 0 Å². The molecule has 5 nitrogen and oxygen atoms in total. The maximum atomic E-state index is 5.76. The largest absolute Gasteiger partial charge is 0.399 e. The van der Waals surface area contributed by atoms with Crippen LogP contribution in [0.3, 0.4) is 0 Å². The molecule has 2 heterocycles. The van der Waals surface area contributed by atoms with Crippen molar-refractivity contribution in [3.05, 3.63) is 18.2 Å². The fourth-order valence-electron chi connectivity index (χ4n) is 2.40. The first-order chi connectivity index (χ1) is 8.65. The Kier molecular flexibility index (Phi) is 2.63. The van der Waals surface area contributed by atoms with Crippen molar-refractivity contribution in [2.45, 2.75) is 25.3 Å². The monoisotopic (exact) mass is 246 g/mol. The minimum absolute atomic E-state index is 0.0440. The molecular weight excluding hydrogens is 228 g/mol. The van der Waals surface area contributed by atoms with Crippen LogP contribution in [0.25, 0.3) is 11.0 Å². The second-order valence-corrected chi connectivity index (χ2v) is 5.20. The van der Waals surface area contributed by atoms with Gasteiger partial charge in [-0.05, 0) is 38.0 Å². The summed E-state index contributed by atoms with van der Waals surface area (Å²) in [6, 6.07) is 5.68. The molecule has 4 N–H and O–H groups in total. The van der Waals surface area contributed by atoms with Crippen molar-refractivity contribution in [2.24, 2.45) is 0 Å². The fraction of sp³-hybridized carbons (Fsp3) is 0.462. The van der Waals surface area contributed by atoms with E-state index in [9.17, 15) is 0 Å². The lowest BCUT2D eigenvalue weighted by atomic mass is 9.95. The van der Waals surface area contributed by atoms with E-state index < -0.39 is 0 Å². The van der Waals surface area contributed by atoms with Crippen molar-refractivity contribution < 1.29 is 4.74 Å². The predicted molar refractivity (Wildman–Crippen MR) is 72.6 cm³/mol. The molecule has 0 aliphatic carbocycles. The Labute approximate surface area is 106 Å². The summed E-state index contributed by atoms with van der Waals surface area (Å²) < 4.78 is 5.53. The molecule has 0 saturated carbocycles. The van der Waals surface area contributed by atoms with Crippen LogP contribution >= 0.6 is 0 Å². The Morgan fingerprint density at radius 3 is 3.17 bits per heavy atom. The van der Waals surface area contributed by atoms with Crippen molar-refractivity contribution >= 4 is 22.7 Å². The smallest absolute Gasteiger partial charge is 0.201 e. The summed E-state index contributed by atoms with van der Waals surface area (Å²) in [4.78, 5) is 7.77. The van der Waals surface area contributed by atoms with Crippen molar-refractivity contribution in [2.75, 3.05) is 24.3 Å². The number of nitrogens with zero attached hydrogens (tertiary/aromatic N) is 1. The van der Waals surface area contributed by atoms with Crippen molar-refractivity contribution in [1.29, 1.82) is 0 Å². The molecule has 1 unspecified atom stereocenters. The molecule has 1 aliphatic heterocycles. The highest BCUT2D eigenvalue weighted by Crippen LogP contribution is 2.24. The van der Waals surface area contributed by atoms with Crippen LogP contribution in [-0.4, -0.2) is 28.7 Å². The van der Waals surface area contributed by atoms with Gasteiger partial charge in [0.2, 0.25) is 5.95 Å². The summed E-state index contributed by atoms with van der Waals surface area (Å²) in [6.45, 7) is 3.73. The lowest BCUT2D eigenvalue weighted by molar-refractivity contribution is 0.0537. The number of anilines is 2. The van der Waals surface area contributed by atoms with Gasteiger partial charge in [-0.15, -0.1) is 0 Å². The molecule has 2 aromatic rings. The third-order valence-corrected chi connectivity index (χ3v) is 3.36. The molecule has 96 valence electrons. The Hall–Kier alpha value is -1.75. The molecule has 1 aliphatic rings. The molecule has 1 atom stereocenters. The first-order valence-corrected chi connectivity index (χ1v) is 6.26. The second kappa shape index (κ2) is 4.17. The average molecular weight is 246 g/mol. The lowest BCUT2D eigenvalue weighted by Crippen LogP contribution is -2.43. The Bertz CT molecular complexity index is 557. The SMILES string of the molecule is CC1(Nc2nc3ccc(N)cc3[nH]2)CCCOC1. The molecule has 5 heteroatoms. The summed E-state index contributed by atoms with van der Waals surface area (Å²) in [5.74, 6) is 0.781. The molecule has 1 fully saturated rings. The topological polar surface area (TPSA) is 76.0 Å². The Morgan fingerprint density at radius 1 is 1.50 bits per heavy atom. The van der Waals surface area contributed by atoms with E-state index in [-0.39, 0.29) is 5.54 Å². The number of nitrogens with one attached hydrogen (secondary N) is 2. The van der Waals surface area contributed by atoms with E-state index in [1.807, 2.05) is 18.2 Å².